The van der Waals surface area contributed by atoms with E-state index in [4.69, 9.17) is 11.5 Å². The smallest absolute Gasteiger partial charge is 0.148 e. The molecule has 0 spiro atoms. The Morgan fingerprint density at radius 1 is 1.19 bits per heavy atom. The number of benzene rings is 2. The molecule has 0 aliphatic heterocycles. The maximum Gasteiger partial charge on any atom is 0.148 e. The van der Waals surface area contributed by atoms with E-state index in [1.54, 1.807) is 6.07 Å². The Labute approximate surface area is 122 Å². The van der Waals surface area contributed by atoms with Crippen LogP contribution in [0.4, 0.5) is 10.1 Å². The molecular formula is C16H17FN4. The second-order valence-corrected chi connectivity index (χ2v) is 4.98. The molecule has 1 aromatic heterocycles. The maximum atomic E-state index is 13.8. The Morgan fingerprint density at radius 3 is 2.57 bits per heavy atom. The Morgan fingerprint density at radius 2 is 1.90 bits per heavy atom. The monoisotopic (exact) mass is 284 g/mol. The van der Waals surface area contributed by atoms with Gasteiger partial charge in [-0.05, 0) is 30.7 Å². The molecule has 2 aromatic carbocycles. The van der Waals surface area contributed by atoms with Gasteiger partial charge >= 0.3 is 0 Å². The molecule has 1 heterocycles. The van der Waals surface area contributed by atoms with Gasteiger partial charge in [0.25, 0.3) is 0 Å². The van der Waals surface area contributed by atoms with Gasteiger partial charge in [-0.15, -0.1) is 0 Å². The summed E-state index contributed by atoms with van der Waals surface area (Å²) in [5.74, 6) is 0.243. The summed E-state index contributed by atoms with van der Waals surface area (Å²) in [6, 6.07) is 12.3. The van der Waals surface area contributed by atoms with E-state index in [9.17, 15) is 4.39 Å². The van der Waals surface area contributed by atoms with Gasteiger partial charge < -0.3 is 11.5 Å². The second-order valence-electron chi connectivity index (χ2n) is 4.98. The van der Waals surface area contributed by atoms with Crippen LogP contribution in [0.15, 0.2) is 42.5 Å². The summed E-state index contributed by atoms with van der Waals surface area (Å²) in [6.07, 6.45) is 0.735. The van der Waals surface area contributed by atoms with E-state index in [0.29, 0.717) is 16.9 Å². The number of fused-ring (bicyclic) bond motifs is 1. The summed E-state index contributed by atoms with van der Waals surface area (Å²) in [4.78, 5) is 4.55. The molecule has 3 rings (SSSR count). The first kappa shape index (κ1) is 13.6. The standard InChI is InChI=1S/C16H17FN4/c1-2-12(18)16-20-13-9-8-11(17)14(19)15(13)21(16)10-6-4-3-5-7-10/h3-9,12H,2,18-19H2,1H3/t12-/m0/s1. The lowest BCUT2D eigenvalue weighted by molar-refractivity contribution is 0.632. The number of halogens is 1. The molecule has 0 aliphatic carbocycles. The molecule has 21 heavy (non-hydrogen) atoms. The average Bonchev–Trinajstić information content (AvgIpc) is 2.91. The summed E-state index contributed by atoms with van der Waals surface area (Å²) in [5, 5.41) is 0. The highest BCUT2D eigenvalue weighted by molar-refractivity contribution is 5.89. The van der Waals surface area contributed by atoms with Crippen molar-refractivity contribution in [2.75, 3.05) is 5.73 Å². The van der Waals surface area contributed by atoms with E-state index < -0.39 is 5.82 Å². The summed E-state index contributed by atoms with van der Waals surface area (Å²) < 4.78 is 15.7. The lowest BCUT2D eigenvalue weighted by Gasteiger charge is -2.14. The van der Waals surface area contributed by atoms with Crippen molar-refractivity contribution in [3.8, 4) is 5.69 Å². The van der Waals surface area contributed by atoms with Crippen LogP contribution in [-0.2, 0) is 0 Å². The minimum atomic E-state index is -0.448. The molecule has 0 unspecified atom stereocenters. The third-order valence-electron chi connectivity index (χ3n) is 3.62. The van der Waals surface area contributed by atoms with Crippen molar-refractivity contribution in [3.63, 3.8) is 0 Å². The Balaban J connectivity index is 2.40. The van der Waals surface area contributed by atoms with E-state index >= 15 is 0 Å². The molecule has 0 saturated heterocycles. The Hall–Kier alpha value is -2.40. The lowest BCUT2D eigenvalue weighted by atomic mass is 10.2. The molecule has 5 heteroatoms. The first-order valence-corrected chi connectivity index (χ1v) is 6.90. The Bertz CT molecular complexity index is 780. The molecule has 1 atom stereocenters. The number of nitrogens with two attached hydrogens (primary N) is 2. The molecule has 4 N–H and O–H groups in total. The minimum absolute atomic E-state index is 0.0957. The lowest BCUT2D eigenvalue weighted by Crippen LogP contribution is -2.15. The summed E-state index contributed by atoms with van der Waals surface area (Å²) in [7, 11) is 0. The van der Waals surface area contributed by atoms with Gasteiger partial charge in [-0.2, -0.15) is 0 Å². The normalized spacial score (nSPS) is 12.7. The average molecular weight is 284 g/mol. The molecule has 0 aliphatic rings. The van der Waals surface area contributed by atoms with Crippen LogP contribution in [0.1, 0.15) is 25.2 Å². The fourth-order valence-corrected chi connectivity index (χ4v) is 2.45. The quantitative estimate of drug-likeness (QED) is 0.726. The van der Waals surface area contributed by atoms with Crippen molar-refractivity contribution < 1.29 is 4.39 Å². The highest BCUT2D eigenvalue weighted by Crippen LogP contribution is 2.30. The molecule has 0 radical (unpaired) electrons. The van der Waals surface area contributed by atoms with Crippen LogP contribution in [0.2, 0.25) is 0 Å². The maximum absolute atomic E-state index is 13.8. The van der Waals surface area contributed by atoms with Gasteiger partial charge in [0.05, 0.1) is 22.8 Å². The van der Waals surface area contributed by atoms with Crippen molar-refractivity contribution >= 4 is 16.7 Å². The molecule has 108 valence electrons. The number of hydrogen-bond acceptors (Lipinski definition) is 3. The van der Waals surface area contributed by atoms with Gasteiger partial charge in [0.2, 0.25) is 0 Å². The van der Waals surface area contributed by atoms with E-state index in [0.717, 1.165) is 12.1 Å². The molecule has 0 saturated carbocycles. The number of para-hydroxylation sites is 1. The van der Waals surface area contributed by atoms with Gasteiger partial charge in [-0.1, -0.05) is 25.1 Å². The van der Waals surface area contributed by atoms with Crippen molar-refractivity contribution in [2.24, 2.45) is 5.73 Å². The SMILES string of the molecule is CC[C@H](N)c1nc2ccc(F)c(N)c2n1-c1ccccc1. The molecule has 0 bridgehead atoms. The number of aromatic nitrogens is 2. The van der Waals surface area contributed by atoms with E-state index in [-0.39, 0.29) is 11.7 Å². The van der Waals surface area contributed by atoms with Gasteiger partial charge in [-0.3, -0.25) is 4.57 Å². The van der Waals surface area contributed by atoms with Crippen LogP contribution in [0.25, 0.3) is 16.7 Å². The van der Waals surface area contributed by atoms with Crippen LogP contribution in [0, 0.1) is 5.82 Å². The van der Waals surface area contributed by atoms with E-state index in [2.05, 4.69) is 4.98 Å². The topological polar surface area (TPSA) is 69.9 Å². The van der Waals surface area contributed by atoms with Crippen LogP contribution >= 0.6 is 0 Å². The van der Waals surface area contributed by atoms with Crippen LogP contribution in [-0.4, -0.2) is 9.55 Å². The number of nitrogens with zero attached hydrogens (tertiary/aromatic N) is 2. The number of nitrogen functional groups attached to an aromatic ring is 1. The summed E-state index contributed by atoms with van der Waals surface area (Å²) in [6.45, 7) is 1.99. The number of imidazole rings is 1. The van der Waals surface area contributed by atoms with Crippen molar-refractivity contribution in [1.29, 1.82) is 0 Å². The van der Waals surface area contributed by atoms with Crippen LogP contribution < -0.4 is 11.5 Å². The van der Waals surface area contributed by atoms with Gasteiger partial charge in [0, 0.05) is 5.69 Å². The first-order valence-electron chi connectivity index (χ1n) is 6.90. The Kier molecular flexibility index (Phi) is 3.35. The number of anilines is 1. The summed E-state index contributed by atoms with van der Waals surface area (Å²) >= 11 is 0. The molecular weight excluding hydrogens is 267 g/mol. The molecule has 3 aromatic rings. The van der Waals surface area contributed by atoms with E-state index in [1.165, 1.54) is 6.07 Å². The van der Waals surface area contributed by atoms with E-state index in [1.807, 2.05) is 41.8 Å². The van der Waals surface area contributed by atoms with Crippen LogP contribution in [0.5, 0.6) is 0 Å². The summed E-state index contributed by atoms with van der Waals surface area (Å²) in [5.41, 5.74) is 14.3. The molecule has 0 fully saturated rings. The molecule has 4 nitrogen and oxygen atoms in total. The molecule has 0 amide bonds. The van der Waals surface area contributed by atoms with Crippen molar-refractivity contribution in [3.05, 3.63) is 54.1 Å². The zero-order valence-corrected chi connectivity index (χ0v) is 11.8. The van der Waals surface area contributed by atoms with Crippen molar-refractivity contribution in [1.82, 2.24) is 9.55 Å². The third-order valence-corrected chi connectivity index (χ3v) is 3.62. The number of hydrogen-bond donors (Lipinski definition) is 2. The fraction of sp³-hybridized carbons (Fsp3) is 0.188. The van der Waals surface area contributed by atoms with Gasteiger partial charge in [0.15, 0.2) is 0 Å². The van der Waals surface area contributed by atoms with Gasteiger partial charge in [-0.25, -0.2) is 9.37 Å². The van der Waals surface area contributed by atoms with Gasteiger partial charge in [0.1, 0.15) is 11.6 Å². The predicted molar refractivity (Wildman–Crippen MR) is 82.7 cm³/mol. The minimum Gasteiger partial charge on any atom is -0.395 e. The zero-order valence-electron chi connectivity index (χ0n) is 11.8. The largest absolute Gasteiger partial charge is 0.395 e. The first-order chi connectivity index (χ1) is 10.1. The fourth-order valence-electron chi connectivity index (χ4n) is 2.45. The van der Waals surface area contributed by atoms with Crippen molar-refractivity contribution in [2.45, 2.75) is 19.4 Å². The highest BCUT2D eigenvalue weighted by atomic mass is 19.1. The predicted octanol–water partition coefficient (Wildman–Crippen LogP) is 3.16. The zero-order chi connectivity index (χ0) is 15.0. The second kappa shape index (κ2) is 5.18. The number of rotatable bonds is 3. The highest BCUT2D eigenvalue weighted by Gasteiger charge is 2.20. The van der Waals surface area contributed by atoms with Crippen LogP contribution in [0.3, 0.4) is 0 Å². The third kappa shape index (κ3) is 2.15.